The van der Waals surface area contributed by atoms with Crippen LogP contribution in [-0.2, 0) is 4.79 Å². The normalized spacial score (nSPS) is 19.2. The first kappa shape index (κ1) is 17.8. The van der Waals surface area contributed by atoms with Gasteiger partial charge in [-0.3, -0.25) is 4.79 Å². The van der Waals surface area contributed by atoms with Crippen molar-refractivity contribution < 1.29 is 9.53 Å². The lowest BCUT2D eigenvalue weighted by Gasteiger charge is -2.24. The molecule has 1 saturated heterocycles. The zero-order valence-corrected chi connectivity index (χ0v) is 13.5. The van der Waals surface area contributed by atoms with Gasteiger partial charge in [0.1, 0.15) is 5.75 Å². The van der Waals surface area contributed by atoms with Gasteiger partial charge in [0.05, 0.1) is 7.11 Å². The summed E-state index contributed by atoms with van der Waals surface area (Å²) in [7, 11) is 1.66. The minimum Gasteiger partial charge on any atom is -0.497 e. The van der Waals surface area contributed by atoms with Gasteiger partial charge in [0.25, 0.3) is 0 Å². The van der Waals surface area contributed by atoms with Gasteiger partial charge >= 0.3 is 0 Å². The molecule has 2 unspecified atom stereocenters. The molecule has 2 rings (SSSR count). The quantitative estimate of drug-likeness (QED) is 0.878. The number of hydrogen-bond acceptors (Lipinski definition) is 3. The molecule has 1 heterocycles. The number of ether oxygens (including phenoxy) is 1. The summed E-state index contributed by atoms with van der Waals surface area (Å²) < 4.78 is 5.14. The molecule has 1 amide bonds. The Morgan fingerprint density at radius 2 is 2.14 bits per heavy atom. The fraction of sp³-hybridized carbons (Fsp3) is 0.562. The van der Waals surface area contributed by atoms with Gasteiger partial charge < -0.3 is 15.4 Å². The number of carbonyl (C=O) groups excluding carboxylic acids is 1. The Bertz CT molecular complexity index is 430. The van der Waals surface area contributed by atoms with Crippen molar-refractivity contribution in [3.8, 4) is 5.75 Å². The second kappa shape index (κ2) is 8.90. The number of benzene rings is 1. The van der Waals surface area contributed by atoms with Crippen molar-refractivity contribution >= 4 is 18.3 Å². The maximum atomic E-state index is 12.1. The van der Waals surface area contributed by atoms with Crippen LogP contribution in [0.15, 0.2) is 24.3 Å². The summed E-state index contributed by atoms with van der Waals surface area (Å²) in [5.41, 5.74) is 1.17. The zero-order valence-electron chi connectivity index (χ0n) is 12.7. The fourth-order valence-corrected chi connectivity index (χ4v) is 2.59. The van der Waals surface area contributed by atoms with E-state index in [0.717, 1.165) is 31.7 Å². The van der Waals surface area contributed by atoms with Crippen molar-refractivity contribution in [2.45, 2.75) is 38.1 Å². The number of halogens is 1. The Balaban J connectivity index is 0.00000220. The Morgan fingerprint density at radius 3 is 2.71 bits per heavy atom. The van der Waals surface area contributed by atoms with Crippen LogP contribution in [0.3, 0.4) is 0 Å². The number of amides is 1. The molecular weight excluding hydrogens is 288 g/mol. The van der Waals surface area contributed by atoms with Crippen LogP contribution in [0.2, 0.25) is 0 Å². The monoisotopic (exact) mass is 312 g/mol. The average Bonchev–Trinajstić information content (AvgIpc) is 2.48. The zero-order chi connectivity index (χ0) is 14.4. The standard InChI is InChI=1S/C16H24N2O2.ClH/c1-12(13-5-7-15(20-2)8-6-13)10-16(19)18-14-4-3-9-17-11-14;/h5-8,12,14,17H,3-4,9-11H2,1-2H3,(H,18,19);1H. The van der Waals surface area contributed by atoms with E-state index in [9.17, 15) is 4.79 Å². The third kappa shape index (κ3) is 5.56. The van der Waals surface area contributed by atoms with Crippen molar-refractivity contribution in [2.24, 2.45) is 0 Å². The lowest BCUT2D eigenvalue weighted by molar-refractivity contribution is -0.122. The first-order valence-corrected chi connectivity index (χ1v) is 7.33. The highest BCUT2D eigenvalue weighted by Crippen LogP contribution is 2.21. The Hall–Kier alpha value is -1.26. The second-order valence-corrected chi connectivity index (χ2v) is 5.49. The highest BCUT2D eigenvalue weighted by molar-refractivity contribution is 5.85. The molecule has 1 aromatic rings. The molecule has 0 radical (unpaired) electrons. The van der Waals surface area contributed by atoms with Crippen molar-refractivity contribution in [3.05, 3.63) is 29.8 Å². The van der Waals surface area contributed by atoms with Crippen LogP contribution in [0.25, 0.3) is 0 Å². The van der Waals surface area contributed by atoms with E-state index >= 15 is 0 Å². The van der Waals surface area contributed by atoms with Crippen LogP contribution >= 0.6 is 12.4 Å². The van der Waals surface area contributed by atoms with Crippen molar-refractivity contribution in [2.75, 3.05) is 20.2 Å². The predicted molar refractivity (Wildman–Crippen MR) is 87.3 cm³/mol. The maximum absolute atomic E-state index is 12.1. The molecule has 0 bridgehead atoms. The number of nitrogens with one attached hydrogen (secondary N) is 2. The van der Waals surface area contributed by atoms with Crippen LogP contribution in [0.4, 0.5) is 0 Å². The molecule has 1 aliphatic heterocycles. The van der Waals surface area contributed by atoms with Crippen LogP contribution < -0.4 is 15.4 Å². The average molecular weight is 313 g/mol. The van der Waals surface area contributed by atoms with Crippen molar-refractivity contribution in [3.63, 3.8) is 0 Å². The number of methoxy groups -OCH3 is 1. The van der Waals surface area contributed by atoms with Gasteiger partial charge in [-0.15, -0.1) is 12.4 Å². The van der Waals surface area contributed by atoms with E-state index in [1.807, 2.05) is 24.3 Å². The molecule has 0 aromatic heterocycles. The predicted octanol–water partition coefficient (Wildman–Crippen LogP) is 2.48. The summed E-state index contributed by atoms with van der Waals surface area (Å²) in [5.74, 6) is 1.21. The van der Waals surface area contributed by atoms with Gasteiger partial charge in [0.15, 0.2) is 0 Å². The van der Waals surface area contributed by atoms with Gasteiger partial charge in [0.2, 0.25) is 5.91 Å². The molecule has 0 spiro atoms. The van der Waals surface area contributed by atoms with Crippen molar-refractivity contribution in [1.29, 1.82) is 0 Å². The van der Waals surface area contributed by atoms with Gasteiger partial charge in [-0.05, 0) is 43.0 Å². The van der Waals surface area contributed by atoms with Gasteiger partial charge in [-0.2, -0.15) is 0 Å². The Morgan fingerprint density at radius 1 is 1.43 bits per heavy atom. The van der Waals surface area contributed by atoms with E-state index in [2.05, 4.69) is 17.6 Å². The van der Waals surface area contributed by atoms with E-state index in [0.29, 0.717) is 12.5 Å². The minimum atomic E-state index is 0. The molecule has 0 aliphatic carbocycles. The summed E-state index contributed by atoms with van der Waals surface area (Å²) in [6.07, 6.45) is 2.75. The molecule has 0 saturated carbocycles. The van der Waals surface area contributed by atoms with E-state index in [1.54, 1.807) is 7.11 Å². The molecule has 118 valence electrons. The third-order valence-electron chi connectivity index (χ3n) is 3.84. The summed E-state index contributed by atoms with van der Waals surface area (Å²) in [6, 6.07) is 8.22. The smallest absolute Gasteiger partial charge is 0.220 e. The lowest BCUT2D eigenvalue weighted by Crippen LogP contribution is -2.45. The molecule has 1 fully saturated rings. The summed E-state index contributed by atoms with van der Waals surface area (Å²) in [4.78, 5) is 12.1. The molecule has 5 heteroatoms. The first-order valence-electron chi connectivity index (χ1n) is 7.33. The molecule has 2 N–H and O–H groups in total. The van der Waals surface area contributed by atoms with Gasteiger partial charge in [0, 0.05) is 19.0 Å². The Kier molecular flexibility index (Phi) is 7.54. The van der Waals surface area contributed by atoms with E-state index in [-0.39, 0.29) is 24.2 Å². The van der Waals surface area contributed by atoms with E-state index < -0.39 is 0 Å². The van der Waals surface area contributed by atoms with Crippen molar-refractivity contribution in [1.82, 2.24) is 10.6 Å². The van der Waals surface area contributed by atoms with Crippen LogP contribution in [0, 0.1) is 0 Å². The number of hydrogen-bond donors (Lipinski definition) is 2. The summed E-state index contributed by atoms with van der Waals surface area (Å²) in [5, 5.41) is 6.43. The van der Waals surface area contributed by atoms with E-state index in [1.165, 1.54) is 5.56 Å². The summed E-state index contributed by atoms with van der Waals surface area (Å²) >= 11 is 0. The van der Waals surface area contributed by atoms with Crippen LogP contribution in [-0.4, -0.2) is 32.1 Å². The molecular formula is C16H25ClN2O2. The first-order chi connectivity index (χ1) is 9.69. The number of rotatable bonds is 5. The molecule has 21 heavy (non-hydrogen) atoms. The number of piperidine rings is 1. The lowest BCUT2D eigenvalue weighted by atomic mass is 9.97. The SMILES string of the molecule is COc1ccc(C(C)CC(=O)NC2CCCNC2)cc1.Cl. The molecule has 1 aromatic carbocycles. The highest BCUT2D eigenvalue weighted by Gasteiger charge is 2.17. The molecule has 4 nitrogen and oxygen atoms in total. The van der Waals surface area contributed by atoms with Crippen LogP contribution in [0.1, 0.15) is 37.7 Å². The number of carbonyl (C=O) groups is 1. The van der Waals surface area contributed by atoms with Gasteiger partial charge in [-0.1, -0.05) is 19.1 Å². The molecule has 1 aliphatic rings. The van der Waals surface area contributed by atoms with Gasteiger partial charge in [-0.25, -0.2) is 0 Å². The maximum Gasteiger partial charge on any atom is 0.220 e. The van der Waals surface area contributed by atoms with E-state index in [4.69, 9.17) is 4.74 Å². The minimum absolute atomic E-state index is 0. The largest absolute Gasteiger partial charge is 0.497 e. The topological polar surface area (TPSA) is 50.4 Å². The highest BCUT2D eigenvalue weighted by atomic mass is 35.5. The fourth-order valence-electron chi connectivity index (χ4n) is 2.59. The second-order valence-electron chi connectivity index (χ2n) is 5.49. The third-order valence-corrected chi connectivity index (χ3v) is 3.84. The summed E-state index contributed by atoms with van der Waals surface area (Å²) in [6.45, 7) is 4.04. The van der Waals surface area contributed by atoms with Crippen LogP contribution in [0.5, 0.6) is 5.75 Å². The Labute approximate surface area is 133 Å². The molecule has 2 atom stereocenters.